The highest BCUT2D eigenvalue weighted by Gasteiger charge is 2.08. The average Bonchev–Trinajstić information content (AvgIpc) is 2.69. The first-order valence-corrected chi connectivity index (χ1v) is 8.79. The first-order valence-electron chi connectivity index (χ1n) is 8.79. The van der Waals surface area contributed by atoms with Gasteiger partial charge in [-0.1, -0.05) is 36.4 Å². The van der Waals surface area contributed by atoms with Crippen LogP contribution >= 0.6 is 0 Å². The summed E-state index contributed by atoms with van der Waals surface area (Å²) in [7, 11) is 0. The maximum atomic E-state index is 11.2. The lowest BCUT2D eigenvalue weighted by Crippen LogP contribution is -2.13. The van der Waals surface area contributed by atoms with Crippen LogP contribution in [0, 0.1) is 6.92 Å². The molecule has 0 aliphatic rings. The quantitative estimate of drug-likeness (QED) is 0.595. The van der Waals surface area contributed by atoms with Crippen LogP contribution in [0.15, 0.2) is 73.1 Å². The maximum absolute atomic E-state index is 11.2. The molecule has 4 aromatic rings. The summed E-state index contributed by atoms with van der Waals surface area (Å²) in [6.45, 7) is 2.06. The van der Waals surface area contributed by atoms with E-state index in [4.69, 9.17) is 10.7 Å². The standard InChI is InChI=1S/C23H19N3O/c1-15-11-22(26-21-9-4-16(12-20(15)21)13-23(24)27)18-7-5-17(6-8-18)19-3-2-10-25-14-19/h2-12,14H,13H2,1H3,(H2,24,27). The topological polar surface area (TPSA) is 68.9 Å². The first kappa shape index (κ1) is 16.9. The summed E-state index contributed by atoms with van der Waals surface area (Å²) in [6.07, 6.45) is 3.87. The molecule has 2 aromatic heterocycles. The van der Waals surface area contributed by atoms with Crippen LogP contribution in [0.3, 0.4) is 0 Å². The van der Waals surface area contributed by atoms with Gasteiger partial charge in [0.05, 0.1) is 17.6 Å². The molecule has 0 bridgehead atoms. The monoisotopic (exact) mass is 353 g/mol. The average molecular weight is 353 g/mol. The number of aromatic nitrogens is 2. The first-order chi connectivity index (χ1) is 13.1. The molecule has 2 N–H and O–H groups in total. The third-order valence-electron chi connectivity index (χ3n) is 4.63. The van der Waals surface area contributed by atoms with E-state index in [1.54, 1.807) is 6.20 Å². The van der Waals surface area contributed by atoms with Crippen molar-refractivity contribution in [3.8, 4) is 22.4 Å². The zero-order valence-corrected chi connectivity index (χ0v) is 15.0. The molecule has 4 nitrogen and oxygen atoms in total. The third-order valence-corrected chi connectivity index (χ3v) is 4.63. The van der Waals surface area contributed by atoms with Crippen molar-refractivity contribution >= 4 is 16.8 Å². The summed E-state index contributed by atoms with van der Waals surface area (Å²) < 4.78 is 0. The molecule has 0 spiro atoms. The highest BCUT2D eigenvalue weighted by atomic mass is 16.1. The molecule has 0 radical (unpaired) electrons. The summed E-state index contributed by atoms with van der Waals surface area (Å²) >= 11 is 0. The molecule has 0 aliphatic heterocycles. The van der Waals surface area contributed by atoms with Crippen molar-refractivity contribution in [1.29, 1.82) is 0 Å². The molecular weight excluding hydrogens is 334 g/mol. The van der Waals surface area contributed by atoms with E-state index in [-0.39, 0.29) is 12.3 Å². The molecule has 0 saturated heterocycles. The second-order valence-electron chi connectivity index (χ2n) is 6.64. The molecule has 2 heterocycles. The predicted octanol–water partition coefficient (Wildman–Crippen LogP) is 4.30. The van der Waals surface area contributed by atoms with Gasteiger partial charge in [0.15, 0.2) is 0 Å². The van der Waals surface area contributed by atoms with Crippen molar-refractivity contribution in [3.05, 3.63) is 84.2 Å². The zero-order valence-electron chi connectivity index (χ0n) is 15.0. The fraction of sp³-hybridized carbons (Fsp3) is 0.0870. The molecule has 27 heavy (non-hydrogen) atoms. The van der Waals surface area contributed by atoms with Crippen molar-refractivity contribution in [2.45, 2.75) is 13.3 Å². The molecule has 0 fully saturated rings. The Morgan fingerprint density at radius 2 is 1.74 bits per heavy atom. The van der Waals surface area contributed by atoms with Crippen LogP contribution in [0.5, 0.6) is 0 Å². The highest BCUT2D eigenvalue weighted by molar-refractivity contribution is 5.87. The molecule has 0 unspecified atom stereocenters. The van der Waals surface area contributed by atoms with E-state index in [9.17, 15) is 4.79 Å². The van der Waals surface area contributed by atoms with Crippen molar-refractivity contribution in [2.24, 2.45) is 5.73 Å². The van der Waals surface area contributed by atoms with Gasteiger partial charge < -0.3 is 5.73 Å². The number of rotatable bonds is 4. The van der Waals surface area contributed by atoms with Crippen molar-refractivity contribution in [2.75, 3.05) is 0 Å². The second-order valence-corrected chi connectivity index (χ2v) is 6.64. The van der Waals surface area contributed by atoms with Crippen molar-refractivity contribution in [3.63, 3.8) is 0 Å². The van der Waals surface area contributed by atoms with Crippen LogP contribution in [0.1, 0.15) is 11.1 Å². The third kappa shape index (κ3) is 3.55. The SMILES string of the molecule is Cc1cc(-c2ccc(-c3cccnc3)cc2)nc2ccc(CC(N)=O)cc12. The Hall–Kier alpha value is -3.53. The minimum Gasteiger partial charge on any atom is -0.369 e. The van der Waals surface area contributed by atoms with Crippen LogP contribution in [0.25, 0.3) is 33.3 Å². The Morgan fingerprint density at radius 1 is 0.963 bits per heavy atom. The lowest BCUT2D eigenvalue weighted by Gasteiger charge is -2.09. The normalized spacial score (nSPS) is 10.9. The van der Waals surface area contributed by atoms with Crippen molar-refractivity contribution < 1.29 is 4.79 Å². The number of nitrogens with two attached hydrogens (primary N) is 1. The number of amides is 1. The number of benzene rings is 2. The van der Waals surface area contributed by atoms with Gasteiger partial charge in [0.2, 0.25) is 5.91 Å². The fourth-order valence-corrected chi connectivity index (χ4v) is 3.27. The number of carbonyl (C=O) groups excluding carboxylic acids is 1. The number of carbonyl (C=O) groups is 1. The van der Waals surface area contributed by atoms with E-state index in [2.05, 4.69) is 42.2 Å². The van der Waals surface area contributed by atoms with Gasteiger partial charge in [-0.3, -0.25) is 9.78 Å². The van der Waals surface area contributed by atoms with E-state index in [1.807, 2.05) is 36.5 Å². The van der Waals surface area contributed by atoms with E-state index < -0.39 is 0 Å². The number of fused-ring (bicyclic) bond motifs is 1. The van der Waals surface area contributed by atoms with Gasteiger partial charge in [-0.25, -0.2) is 4.98 Å². The van der Waals surface area contributed by atoms with Crippen LogP contribution < -0.4 is 5.73 Å². The van der Waals surface area contributed by atoms with Gasteiger partial charge in [0, 0.05) is 23.3 Å². The number of hydrogen-bond acceptors (Lipinski definition) is 3. The Labute approximate surface area is 157 Å². The van der Waals surface area contributed by atoms with Gasteiger partial charge in [-0.05, 0) is 53.4 Å². The number of nitrogens with zero attached hydrogens (tertiary/aromatic N) is 2. The molecule has 1 amide bonds. The Morgan fingerprint density at radius 3 is 2.44 bits per heavy atom. The smallest absolute Gasteiger partial charge is 0.221 e. The minimum atomic E-state index is -0.328. The van der Waals surface area contributed by atoms with Crippen LogP contribution in [-0.4, -0.2) is 15.9 Å². The summed E-state index contributed by atoms with van der Waals surface area (Å²) in [5.74, 6) is -0.328. The lowest BCUT2D eigenvalue weighted by molar-refractivity contribution is -0.117. The zero-order chi connectivity index (χ0) is 18.8. The van der Waals surface area contributed by atoms with Gasteiger partial charge in [-0.15, -0.1) is 0 Å². The number of pyridine rings is 2. The Bertz CT molecular complexity index is 1120. The van der Waals surface area contributed by atoms with E-state index in [1.165, 1.54) is 0 Å². The van der Waals surface area contributed by atoms with E-state index in [0.717, 1.165) is 44.4 Å². The molecule has 4 heteroatoms. The summed E-state index contributed by atoms with van der Waals surface area (Å²) in [5, 5.41) is 1.05. The summed E-state index contributed by atoms with van der Waals surface area (Å²) in [5.41, 5.74) is 12.5. The number of hydrogen-bond donors (Lipinski definition) is 1. The maximum Gasteiger partial charge on any atom is 0.221 e. The molecule has 4 rings (SSSR count). The second kappa shape index (κ2) is 7.00. The lowest BCUT2D eigenvalue weighted by atomic mass is 10.0. The molecule has 132 valence electrons. The highest BCUT2D eigenvalue weighted by Crippen LogP contribution is 2.27. The molecule has 0 saturated carbocycles. The minimum absolute atomic E-state index is 0.243. The van der Waals surface area contributed by atoms with Gasteiger partial charge in [0.1, 0.15) is 0 Å². The van der Waals surface area contributed by atoms with E-state index >= 15 is 0 Å². The molecule has 0 aliphatic carbocycles. The largest absolute Gasteiger partial charge is 0.369 e. The van der Waals surface area contributed by atoms with Gasteiger partial charge in [0.25, 0.3) is 0 Å². The van der Waals surface area contributed by atoms with Crippen LogP contribution in [-0.2, 0) is 11.2 Å². The van der Waals surface area contributed by atoms with Crippen molar-refractivity contribution in [1.82, 2.24) is 9.97 Å². The number of aryl methyl sites for hydroxylation is 1. The summed E-state index contributed by atoms with van der Waals surface area (Å²) in [6, 6.07) is 20.3. The van der Waals surface area contributed by atoms with E-state index in [0.29, 0.717) is 0 Å². The molecule has 2 aromatic carbocycles. The predicted molar refractivity (Wildman–Crippen MR) is 108 cm³/mol. The Balaban J connectivity index is 1.70. The Kier molecular flexibility index (Phi) is 4.38. The van der Waals surface area contributed by atoms with Crippen LogP contribution in [0.2, 0.25) is 0 Å². The molecular formula is C23H19N3O. The number of primary amides is 1. The summed E-state index contributed by atoms with van der Waals surface area (Å²) in [4.78, 5) is 20.1. The fourth-order valence-electron chi connectivity index (χ4n) is 3.27. The van der Waals surface area contributed by atoms with Crippen LogP contribution in [0.4, 0.5) is 0 Å². The van der Waals surface area contributed by atoms with Gasteiger partial charge in [-0.2, -0.15) is 0 Å². The molecule has 0 atom stereocenters. The van der Waals surface area contributed by atoms with Gasteiger partial charge >= 0.3 is 0 Å².